The van der Waals surface area contributed by atoms with Crippen LogP contribution in [0.25, 0.3) is 0 Å². The van der Waals surface area contributed by atoms with Crippen LogP contribution in [-0.2, 0) is 29.3 Å². The van der Waals surface area contributed by atoms with Crippen molar-refractivity contribution in [1.82, 2.24) is 19.7 Å². The van der Waals surface area contributed by atoms with Crippen molar-refractivity contribution < 1.29 is 28.7 Å². The number of thioether (sulfide) groups is 1. The molecule has 0 spiro atoms. The molecule has 0 aliphatic heterocycles. The van der Waals surface area contributed by atoms with Gasteiger partial charge in [-0.25, -0.2) is 9.78 Å². The van der Waals surface area contributed by atoms with Crippen molar-refractivity contribution in [2.24, 2.45) is 17.3 Å². The molecule has 0 radical (unpaired) electrons. The number of Topliss-reactive ketones (excluding diaryl/α,β-unsaturated/α-hetero) is 1. The minimum Gasteiger partial charge on any atom is -0.465 e. The van der Waals surface area contributed by atoms with E-state index in [-0.39, 0.29) is 58.6 Å². The standard InChI is InChI=1S/C19H26O3.C13H22N4O3S/c1-7-8-13-12(4)16(10-15(13)20)22-18(21)17-14(9-11(2)3)19(17,5)6;1-7-20-9(18)8-21-11-14-10(13(2,3)4)15-17(11)12(19)16(5)6/h7,9,14,16-17H,1,8,10H2,2-6H3;7-8H2,1-6H3. The largest absolute Gasteiger partial charge is 0.465 e. The molecule has 0 bridgehead atoms. The quantitative estimate of drug-likeness (QED) is 0.194. The molecule has 0 aromatic carbocycles. The first-order valence-corrected chi connectivity index (χ1v) is 15.5. The van der Waals surface area contributed by atoms with E-state index in [1.807, 2.05) is 41.5 Å². The average molecular weight is 617 g/mol. The zero-order valence-corrected chi connectivity index (χ0v) is 28.4. The summed E-state index contributed by atoms with van der Waals surface area (Å²) in [6.07, 6.45) is 4.31. The number of aromatic nitrogens is 3. The van der Waals surface area contributed by atoms with E-state index >= 15 is 0 Å². The molecule has 1 aromatic heterocycles. The molecule has 43 heavy (non-hydrogen) atoms. The second kappa shape index (κ2) is 14.5. The average Bonchev–Trinajstić information content (AvgIpc) is 3.16. The molecule has 0 saturated heterocycles. The van der Waals surface area contributed by atoms with Gasteiger partial charge in [-0.15, -0.1) is 11.7 Å². The fraction of sp³-hybridized carbons (Fsp3) is 0.625. The Hall–Kier alpha value is -3.21. The minimum atomic E-state index is -0.390. The first-order valence-electron chi connectivity index (χ1n) is 14.5. The van der Waals surface area contributed by atoms with Crippen LogP contribution < -0.4 is 0 Å². The highest BCUT2D eigenvalue weighted by Gasteiger charge is 2.61. The number of nitrogens with zero attached hydrogens (tertiary/aromatic N) is 4. The van der Waals surface area contributed by atoms with Crippen LogP contribution in [0.1, 0.15) is 81.0 Å². The number of carbonyl (C=O) groups excluding carboxylic acids is 4. The van der Waals surface area contributed by atoms with Crippen LogP contribution in [0.5, 0.6) is 0 Å². The van der Waals surface area contributed by atoms with Crippen LogP contribution in [0, 0.1) is 17.3 Å². The van der Waals surface area contributed by atoms with E-state index < -0.39 is 6.10 Å². The maximum atomic E-state index is 12.5. The smallest absolute Gasteiger partial charge is 0.346 e. The molecular weight excluding hydrogens is 568 g/mol. The lowest BCUT2D eigenvalue weighted by Gasteiger charge is -2.13. The van der Waals surface area contributed by atoms with Crippen LogP contribution in [0.2, 0.25) is 0 Å². The number of rotatable bonds is 9. The van der Waals surface area contributed by atoms with E-state index in [1.165, 1.54) is 15.2 Å². The molecule has 1 amide bonds. The van der Waals surface area contributed by atoms with Gasteiger partial charge in [-0.1, -0.05) is 64.1 Å². The summed E-state index contributed by atoms with van der Waals surface area (Å²) in [6, 6.07) is -0.302. The lowest BCUT2D eigenvalue weighted by Crippen LogP contribution is -2.29. The molecule has 3 unspecified atom stereocenters. The Morgan fingerprint density at radius 3 is 2.35 bits per heavy atom. The van der Waals surface area contributed by atoms with Gasteiger partial charge in [0.1, 0.15) is 6.10 Å². The first kappa shape index (κ1) is 36.0. The van der Waals surface area contributed by atoms with E-state index in [0.29, 0.717) is 24.0 Å². The highest BCUT2D eigenvalue weighted by Crippen LogP contribution is 2.60. The normalized spacial score (nSPS) is 20.5. The Bertz CT molecular complexity index is 1300. The molecular formula is C32H48N4O6S. The lowest BCUT2D eigenvalue weighted by molar-refractivity contribution is -0.150. The zero-order valence-electron chi connectivity index (χ0n) is 27.6. The summed E-state index contributed by atoms with van der Waals surface area (Å²) in [5.74, 6) is 0.343. The number of amides is 1. The monoisotopic (exact) mass is 616 g/mol. The predicted molar refractivity (Wildman–Crippen MR) is 168 cm³/mol. The summed E-state index contributed by atoms with van der Waals surface area (Å²) in [4.78, 5) is 53.8. The van der Waals surface area contributed by atoms with Crippen molar-refractivity contribution in [2.75, 3.05) is 26.5 Å². The molecule has 238 valence electrons. The third-order valence-corrected chi connectivity index (χ3v) is 8.29. The van der Waals surface area contributed by atoms with Gasteiger partial charge in [0.2, 0.25) is 0 Å². The van der Waals surface area contributed by atoms with E-state index in [4.69, 9.17) is 9.47 Å². The Morgan fingerprint density at radius 2 is 1.84 bits per heavy atom. The number of allylic oxidation sites excluding steroid dienone is 4. The van der Waals surface area contributed by atoms with E-state index in [1.54, 1.807) is 27.1 Å². The first-order chi connectivity index (χ1) is 19.9. The van der Waals surface area contributed by atoms with Crippen LogP contribution in [0.15, 0.2) is 40.6 Å². The molecule has 2 aliphatic carbocycles. The van der Waals surface area contributed by atoms with Crippen LogP contribution >= 0.6 is 11.8 Å². The Balaban J connectivity index is 0.000000301. The van der Waals surface area contributed by atoms with Gasteiger partial charge in [0, 0.05) is 25.1 Å². The fourth-order valence-corrected chi connectivity index (χ4v) is 5.49. The second-order valence-corrected chi connectivity index (χ2v) is 13.9. The molecule has 2 aliphatic rings. The number of esters is 2. The Labute approximate surface area is 260 Å². The van der Waals surface area contributed by atoms with Crippen molar-refractivity contribution in [3.05, 3.63) is 41.3 Å². The van der Waals surface area contributed by atoms with Crippen molar-refractivity contribution >= 4 is 35.5 Å². The van der Waals surface area contributed by atoms with Crippen molar-refractivity contribution in [3.8, 4) is 0 Å². The van der Waals surface area contributed by atoms with Crippen molar-refractivity contribution in [3.63, 3.8) is 0 Å². The molecule has 11 heteroatoms. The third-order valence-electron chi connectivity index (χ3n) is 7.39. The number of hydrogen-bond acceptors (Lipinski definition) is 9. The maximum absolute atomic E-state index is 12.5. The SMILES string of the molecule is C=CCC1=C(C)C(OC(=O)C2C(C=C(C)C)C2(C)C)CC1=O.CCOC(=O)CSc1nc(C(C)(C)C)nn1C(=O)N(C)C. The Morgan fingerprint density at radius 1 is 1.21 bits per heavy atom. The van der Waals surface area contributed by atoms with Crippen LogP contribution in [-0.4, -0.2) is 76.0 Å². The molecule has 0 N–H and O–H groups in total. The predicted octanol–water partition coefficient (Wildman–Crippen LogP) is 5.76. The van der Waals surface area contributed by atoms with Gasteiger partial charge in [-0.3, -0.25) is 14.4 Å². The molecule has 1 heterocycles. The molecule has 3 atom stereocenters. The van der Waals surface area contributed by atoms with Gasteiger partial charge in [-0.05, 0) is 51.0 Å². The van der Waals surface area contributed by atoms with E-state index in [0.717, 1.165) is 22.9 Å². The number of ketones is 1. The lowest BCUT2D eigenvalue weighted by atomic mass is 9.96. The Kier molecular flexibility index (Phi) is 12.1. The minimum absolute atomic E-state index is 0.0570. The molecule has 1 fully saturated rings. The van der Waals surface area contributed by atoms with Gasteiger partial charge in [0.15, 0.2) is 16.8 Å². The fourth-order valence-electron chi connectivity index (χ4n) is 4.77. The summed E-state index contributed by atoms with van der Waals surface area (Å²) in [5.41, 5.74) is 2.52. The number of ether oxygens (including phenoxy) is 2. The maximum Gasteiger partial charge on any atom is 0.346 e. The summed E-state index contributed by atoms with van der Waals surface area (Å²) < 4.78 is 11.8. The van der Waals surface area contributed by atoms with Crippen LogP contribution in [0.4, 0.5) is 4.79 Å². The highest BCUT2D eigenvalue weighted by atomic mass is 32.2. The summed E-state index contributed by atoms with van der Waals surface area (Å²) in [7, 11) is 3.28. The van der Waals surface area contributed by atoms with Crippen molar-refractivity contribution in [2.45, 2.75) is 91.8 Å². The molecule has 3 rings (SSSR count). The van der Waals surface area contributed by atoms with Gasteiger partial charge in [0.25, 0.3) is 0 Å². The summed E-state index contributed by atoms with van der Waals surface area (Å²) in [5, 5.41) is 4.66. The van der Waals surface area contributed by atoms with Crippen LogP contribution in [0.3, 0.4) is 0 Å². The molecule has 1 saturated carbocycles. The van der Waals surface area contributed by atoms with Crippen molar-refractivity contribution in [1.29, 1.82) is 0 Å². The second-order valence-electron chi connectivity index (χ2n) is 12.9. The third kappa shape index (κ3) is 9.14. The summed E-state index contributed by atoms with van der Waals surface area (Å²) in [6.45, 7) is 21.8. The van der Waals surface area contributed by atoms with Gasteiger partial charge < -0.3 is 14.4 Å². The van der Waals surface area contributed by atoms with Gasteiger partial charge >= 0.3 is 18.0 Å². The van der Waals surface area contributed by atoms with E-state index in [9.17, 15) is 19.2 Å². The van der Waals surface area contributed by atoms with E-state index in [2.05, 4.69) is 36.6 Å². The van der Waals surface area contributed by atoms with Gasteiger partial charge in [0.05, 0.1) is 24.7 Å². The zero-order chi connectivity index (χ0) is 32.9. The number of carbonyl (C=O) groups is 4. The molecule has 10 nitrogen and oxygen atoms in total. The molecule has 1 aromatic rings. The summed E-state index contributed by atoms with van der Waals surface area (Å²) >= 11 is 1.15. The topological polar surface area (TPSA) is 121 Å². The van der Waals surface area contributed by atoms with Gasteiger partial charge in [-0.2, -0.15) is 4.68 Å². The highest BCUT2D eigenvalue weighted by molar-refractivity contribution is 7.99. The number of hydrogen-bond donors (Lipinski definition) is 0.